The summed E-state index contributed by atoms with van der Waals surface area (Å²) >= 11 is 0. The molecule has 1 fully saturated rings. The van der Waals surface area contributed by atoms with Crippen molar-refractivity contribution in [3.8, 4) is 0 Å². The summed E-state index contributed by atoms with van der Waals surface area (Å²) in [5, 5.41) is 9.46. The van der Waals surface area contributed by atoms with Crippen LogP contribution in [-0.2, 0) is 4.74 Å². The van der Waals surface area contributed by atoms with Crippen molar-refractivity contribution >= 4 is 6.03 Å². The van der Waals surface area contributed by atoms with Gasteiger partial charge in [0.25, 0.3) is 0 Å². The SMILES string of the molecule is C[C@H](NC(C)(C)CNC(=O)NCCN1CCOCC1)c1ccccc1. The highest BCUT2D eigenvalue weighted by molar-refractivity contribution is 5.73. The highest BCUT2D eigenvalue weighted by atomic mass is 16.5. The standard InChI is InChI=1S/C19H32N4O2/c1-16(17-7-5-4-6-8-17)22-19(2,3)15-21-18(24)20-9-10-23-11-13-25-14-12-23/h4-8,16,22H,9-15H2,1-3H3,(H2,20,21,24)/t16-/m0/s1. The normalized spacial score (nSPS) is 17.1. The number of morpholine rings is 1. The molecule has 0 saturated carbocycles. The highest BCUT2D eigenvalue weighted by Crippen LogP contribution is 2.15. The van der Waals surface area contributed by atoms with Crippen LogP contribution in [0.2, 0.25) is 0 Å². The molecule has 1 atom stereocenters. The Balaban J connectivity index is 1.65. The molecule has 1 saturated heterocycles. The summed E-state index contributed by atoms with van der Waals surface area (Å²) in [6.45, 7) is 11.9. The second-order valence-electron chi connectivity index (χ2n) is 7.22. The molecule has 6 nitrogen and oxygen atoms in total. The zero-order valence-electron chi connectivity index (χ0n) is 15.7. The number of rotatable bonds is 8. The average molecular weight is 348 g/mol. The molecule has 25 heavy (non-hydrogen) atoms. The van der Waals surface area contributed by atoms with Crippen LogP contribution in [0.5, 0.6) is 0 Å². The smallest absolute Gasteiger partial charge is 0.314 e. The van der Waals surface area contributed by atoms with E-state index in [0.717, 1.165) is 32.8 Å². The maximum Gasteiger partial charge on any atom is 0.314 e. The van der Waals surface area contributed by atoms with Gasteiger partial charge in [0.2, 0.25) is 0 Å². The van der Waals surface area contributed by atoms with Crippen LogP contribution in [0.25, 0.3) is 0 Å². The molecule has 2 amide bonds. The Labute approximate surface area is 151 Å². The van der Waals surface area contributed by atoms with Crippen molar-refractivity contribution in [2.75, 3.05) is 45.9 Å². The third-order valence-electron chi connectivity index (χ3n) is 4.41. The number of nitrogens with zero attached hydrogens (tertiary/aromatic N) is 1. The molecule has 0 aromatic heterocycles. The molecule has 6 heteroatoms. The van der Waals surface area contributed by atoms with Gasteiger partial charge in [-0.05, 0) is 26.3 Å². The Bertz CT molecular complexity index is 515. The first-order valence-electron chi connectivity index (χ1n) is 9.11. The van der Waals surface area contributed by atoms with Crippen LogP contribution in [-0.4, -0.2) is 62.4 Å². The lowest BCUT2D eigenvalue weighted by Crippen LogP contribution is -2.52. The van der Waals surface area contributed by atoms with Gasteiger partial charge in [0.15, 0.2) is 0 Å². The van der Waals surface area contributed by atoms with Gasteiger partial charge in [0, 0.05) is 44.3 Å². The van der Waals surface area contributed by atoms with Gasteiger partial charge < -0.3 is 20.7 Å². The second kappa shape index (κ2) is 9.75. The molecule has 3 N–H and O–H groups in total. The lowest BCUT2D eigenvalue weighted by Gasteiger charge is -2.31. The zero-order valence-corrected chi connectivity index (χ0v) is 15.7. The minimum absolute atomic E-state index is 0.115. The molecule has 0 radical (unpaired) electrons. The number of benzene rings is 1. The molecule has 1 aliphatic heterocycles. The molecule has 1 aliphatic rings. The summed E-state index contributed by atoms with van der Waals surface area (Å²) in [5.41, 5.74) is 1.04. The Hall–Kier alpha value is -1.63. The summed E-state index contributed by atoms with van der Waals surface area (Å²) < 4.78 is 5.32. The first kappa shape index (κ1) is 19.7. The van der Waals surface area contributed by atoms with Crippen molar-refractivity contribution in [2.45, 2.75) is 32.4 Å². The van der Waals surface area contributed by atoms with Crippen molar-refractivity contribution in [3.63, 3.8) is 0 Å². The zero-order chi connectivity index (χ0) is 18.1. The van der Waals surface area contributed by atoms with Crippen LogP contribution in [0.4, 0.5) is 4.79 Å². The number of nitrogens with one attached hydrogen (secondary N) is 3. The van der Waals surface area contributed by atoms with E-state index >= 15 is 0 Å². The van der Waals surface area contributed by atoms with E-state index in [2.05, 4.69) is 53.8 Å². The van der Waals surface area contributed by atoms with E-state index in [-0.39, 0.29) is 17.6 Å². The molecule has 0 spiro atoms. The summed E-state index contributed by atoms with van der Waals surface area (Å²) in [6, 6.07) is 10.4. The number of carbonyl (C=O) groups is 1. The van der Waals surface area contributed by atoms with Crippen molar-refractivity contribution < 1.29 is 9.53 Å². The number of amides is 2. The fraction of sp³-hybridized carbons (Fsp3) is 0.632. The van der Waals surface area contributed by atoms with Crippen molar-refractivity contribution in [1.29, 1.82) is 0 Å². The molecular weight excluding hydrogens is 316 g/mol. The first-order chi connectivity index (χ1) is 12.0. The maximum absolute atomic E-state index is 12.0. The van der Waals surface area contributed by atoms with E-state index in [4.69, 9.17) is 4.74 Å². The van der Waals surface area contributed by atoms with E-state index in [1.165, 1.54) is 5.56 Å². The van der Waals surface area contributed by atoms with Gasteiger partial charge in [-0.3, -0.25) is 4.90 Å². The number of ether oxygens (including phenoxy) is 1. The lowest BCUT2D eigenvalue weighted by molar-refractivity contribution is 0.0387. The van der Waals surface area contributed by atoms with Crippen LogP contribution < -0.4 is 16.0 Å². The predicted molar refractivity (Wildman–Crippen MR) is 101 cm³/mol. The van der Waals surface area contributed by atoms with Gasteiger partial charge in [-0.1, -0.05) is 30.3 Å². The number of urea groups is 1. The first-order valence-corrected chi connectivity index (χ1v) is 9.11. The van der Waals surface area contributed by atoms with E-state index in [0.29, 0.717) is 13.1 Å². The quantitative estimate of drug-likeness (QED) is 0.670. The average Bonchev–Trinajstić information content (AvgIpc) is 2.61. The van der Waals surface area contributed by atoms with Crippen LogP contribution >= 0.6 is 0 Å². The van der Waals surface area contributed by atoms with Crippen LogP contribution in [0, 0.1) is 0 Å². The molecule has 1 aromatic carbocycles. The fourth-order valence-electron chi connectivity index (χ4n) is 2.98. The Morgan fingerprint density at radius 3 is 2.56 bits per heavy atom. The van der Waals surface area contributed by atoms with Crippen LogP contribution in [0.3, 0.4) is 0 Å². The van der Waals surface area contributed by atoms with Crippen LogP contribution in [0.15, 0.2) is 30.3 Å². The monoisotopic (exact) mass is 348 g/mol. The molecule has 0 bridgehead atoms. The van der Waals surface area contributed by atoms with Gasteiger partial charge in [-0.2, -0.15) is 0 Å². The molecule has 0 aliphatic carbocycles. The predicted octanol–water partition coefficient (Wildman–Crippen LogP) is 1.75. The van der Waals surface area contributed by atoms with Crippen molar-refractivity contribution in [2.24, 2.45) is 0 Å². The van der Waals surface area contributed by atoms with E-state index in [1.54, 1.807) is 0 Å². The van der Waals surface area contributed by atoms with Gasteiger partial charge >= 0.3 is 6.03 Å². The maximum atomic E-state index is 12.0. The third kappa shape index (κ3) is 7.42. The summed E-state index contributed by atoms with van der Waals surface area (Å²) in [4.78, 5) is 14.3. The van der Waals surface area contributed by atoms with Gasteiger partial charge in [-0.25, -0.2) is 4.79 Å². The van der Waals surface area contributed by atoms with E-state index in [9.17, 15) is 4.79 Å². The number of hydrogen-bond donors (Lipinski definition) is 3. The van der Waals surface area contributed by atoms with Gasteiger partial charge in [-0.15, -0.1) is 0 Å². The minimum atomic E-state index is -0.198. The molecule has 0 unspecified atom stereocenters. The van der Waals surface area contributed by atoms with E-state index < -0.39 is 0 Å². The fourth-order valence-corrected chi connectivity index (χ4v) is 2.98. The molecule has 140 valence electrons. The second-order valence-corrected chi connectivity index (χ2v) is 7.22. The molecule has 1 aromatic rings. The Morgan fingerprint density at radius 2 is 1.88 bits per heavy atom. The topological polar surface area (TPSA) is 65.6 Å². The number of carbonyl (C=O) groups excluding carboxylic acids is 1. The van der Waals surface area contributed by atoms with Gasteiger partial charge in [0.05, 0.1) is 13.2 Å². The summed E-state index contributed by atoms with van der Waals surface area (Å²) in [7, 11) is 0. The lowest BCUT2D eigenvalue weighted by atomic mass is 10.0. The Morgan fingerprint density at radius 1 is 1.20 bits per heavy atom. The van der Waals surface area contributed by atoms with Crippen molar-refractivity contribution in [1.82, 2.24) is 20.9 Å². The van der Waals surface area contributed by atoms with Crippen LogP contribution in [0.1, 0.15) is 32.4 Å². The van der Waals surface area contributed by atoms with Crippen molar-refractivity contribution in [3.05, 3.63) is 35.9 Å². The third-order valence-corrected chi connectivity index (χ3v) is 4.41. The van der Waals surface area contributed by atoms with Gasteiger partial charge in [0.1, 0.15) is 0 Å². The molecule has 2 rings (SSSR count). The highest BCUT2D eigenvalue weighted by Gasteiger charge is 2.21. The summed E-state index contributed by atoms with van der Waals surface area (Å²) in [6.07, 6.45) is 0. The molecule has 1 heterocycles. The van der Waals surface area contributed by atoms with E-state index in [1.807, 2.05) is 18.2 Å². The molecular formula is C19H32N4O2. The summed E-state index contributed by atoms with van der Waals surface area (Å²) in [5.74, 6) is 0. The minimum Gasteiger partial charge on any atom is -0.379 e. The number of hydrogen-bond acceptors (Lipinski definition) is 4. The largest absolute Gasteiger partial charge is 0.379 e. The Kier molecular flexibility index (Phi) is 7.68.